The molecule has 1 heteroatoms. The fourth-order valence-electron chi connectivity index (χ4n) is 10.9. The zero-order valence-electron chi connectivity index (χ0n) is 31.1. The number of fused-ring (bicyclic) bond motifs is 15. The molecule has 0 amide bonds. The SMILES string of the molecule is CC1(C)c2ccccc2-c2cc(N(c3ccc4c(c3)C3(C5=C(CCC=C5)c5ccccc53)c3ccccc3-4)c3ccc4ccc5ccccc5c4c3)ccc21. The van der Waals surface area contributed by atoms with Gasteiger partial charge in [-0.05, 0) is 138 Å². The van der Waals surface area contributed by atoms with Crippen molar-refractivity contribution in [2.24, 2.45) is 0 Å². The Morgan fingerprint density at radius 3 is 1.84 bits per heavy atom. The lowest BCUT2D eigenvalue weighted by Gasteiger charge is -2.33. The number of nitrogens with zero attached hydrogens (tertiary/aromatic N) is 1. The number of hydrogen-bond acceptors (Lipinski definition) is 1. The summed E-state index contributed by atoms with van der Waals surface area (Å²) in [6.45, 7) is 4.73. The van der Waals surface area contributed by atoms with Crippen molar-refractivity contribution in [3.8, 4) is 22.3 Å². The number of allylic oxidation sites excluding steroid dienone is 4. The molecule has 0 aromatic heterocycles. The minimum absolute atomic E-state index is 0.0578. The van der Waals surface area contributed by atoms with Gasteiger partial charge in [0, 0.05) is 22.5 Å². The van der Waals surface area contributed by atoms with Gasteiger partial charge in [0.25, 0.3) is 0 Å². The highest BCUT2D eigenvalue weighted by molar-refractivity contribution is 6.09. The highest BCUT2D eigenvalue weighted by atomic mass is 15.1. The van der Waals surface area contributed by atoms with Gasteiger partial charge in [-0.3, -0.25) is 0 Å². The van der Waals surface area contributed by atoms with Crippen LogP contribution < -0.4 is 4.90 Å². The molecule has 260 valence electrons. The maximum Gasteiger partial charge on any atom is 0.0722 e. The van der Waals surface area contributed by atoms with Gasteiger partial charge in [0.2, 0.25) is 0 Å². The summed E-state index contributed by atoms with van der Waals surface area (Å²) in [7, 11) is 0. The average molecular weight is 702 g/mol. The van der Waals surface area contributed by atoms with Crippen LogP contribution in [0.25, 0.3) is 49.4 Å². The molecule has 4 aliphatic carbocycles. The first-order valence-electron chi connectivity index (χ1n) is 19.7. The molecule has 0 N–H and O–H groups in total. The first kappa shape index (κ1) is 31.0. The van der Waals surface area contributed by atoms with E-state index in [4.69, 9.17) is 0 Å². The van der Waals surface area contributed by atoms with Crippen molar-refractivity contribution in [3.05, 3.63) is 215 Å². The number of hydrogen-bond donors (Lipinski definition) is 0. The Kier molecular flexibility index (Phi) is 6.23. The molecular weight excluding hydrogens is 663 g/mol. The number of rotatable bonds is 3. The number of benzene rings is 8. The Bertz CT molecular complexity index is 3030. The molecule has 0 fully saturated rings. The third-order valence-corrected chi connectivity index (χ3v) is 13.3. The van der Waals surface area contributed by atoms with Crippen molar-refractivity contribution in [1.82, 2.24) is 0 Å². The lowest BCUT2D eigenvalue weighted by atomic mass is 9.69. The van der Waals surface area contributed by atoms with Crippen molar-refractivity contribution < 1.29 is 0 Å². The summed E-state index contributed by atoms with van der Waals surface area (Å²) in [4.78, 5) is 2.51. The molecular formula is C54H39N. The maximum atomic E-state index is 2.53. The van der Waals surface area contributed by atoms with Gasteiger partial charge in [-0.2, -0.15) is 0 Å². The van der Waals surface area contributed by atoms with Gasteiger partial charge in [-0.15, -0.1) is 0 Å². The van der Waals surface area contributed by atoms with E-state index < -0.39 is 0 Å². The van der Waals surface area contributed by atoms with E-state index in [9.17, 15) is 0 Å². The second-order valence-corrected chi connectivity index (χ2v) is 16.3. The summed E-state index contributed by atoms with van der Waals surface area (Å²) < 4.78 is 0. The Morgan fingerprint density at radius 2 is 1.00 bits per heavy atom. The van der Waals surface area contributed by atoms with E-state index in [0.29, 0.717) is 0 Å². The van der Waals surface area contributed by atoms with Gasteiger partial charge in [-0.25, -0.2) is 0 Å². The zero-order valence-corrected chi connectivity index (χ0v) is 31.1. The first-order valence-corrected chi connectivity index (χ1v) is 19.7. The third kappa shape index (κ3) is 4.03. The summed E-state index contributed by atoms with van der Waals surface area (Å²) in [5, 5.41) is 5.06. The van der Waals surface area contributed by atoms with Gasteiger partial charge in [0.15, 0.2) is 0 Å². The average Bonchev–Trinajstić information content (AvgIpc) is 3.79. The van der Waals surface area contributed by atoms with Crippen molar-refractivity contribution >= 4 is 44.2 Å². The van der Waals surface area contributed by atoms with E-state index in [-0.39, 0.29) is 10.8 Å². The Morgan fingerprint density at radius 1 is 0.436 bits per heavy atom. The summed E-state index contributed by atoms with van der Waals surface area (Å²) in [5.74, 6) is 0. The molecule has 0 saturated heterocycles. The predicted molar refractivity (Wildman–Crippen MR) is 231 cm³/mol. The van der Waals surface area contributed by atoms with Crippen LogP contribution in [0.15, 0.2) is 182 Å². The molecule has 0 bridgehead atoms. The second-order valence-electron chi connectivity index (χ2n) is 16.3. The van der Waals surface area contributed by atoms with Crippen molar-refractivity contribution in [3.63, 3.8) is 0 Å². The fourth-order valence-corrected chi connectivity index (χ4v) is 10.9. The highest BCUT2D eigenvalue weighted by Crippen LogP contribution is 2.64. The van der Waals surface area contributed by atoms with E-state index in [2.05, 4.69) is 195 Å². The molecule has 55 heavy (non-hydrogen) atoms. The van der Waals surface area contributed by atoms with Crippen LogP contribution >= 0.6 is 0 Å². The summed E-state index contributed by atoms with van der Waals surface area (Å²) in [5.41, 5.74) is 19.7. The molecule has 4 aliphatic rings. The van der Waals surface area contributed by atoms with Crippen molar-refractivity contribution in [1.29, 1.82) is 0 Å². The van der Waals surface area contributed by atoms with Gasteiger partial charge >= 0.3 is 0 Å². The molecule has 0 saturated carbocycles. The van der Waals surface area contributed by atoms with Crippen LogP contribution in [0.4, 0.5) is 17.1 Å². The third-order valence-electron chi connectivity index (χ3n) is 13.3. The Hall–Kier alpha value is -6.44. The monoisotopic (exact) mass is 701 g/mol. The van der Waals surface area contributed by atoms with Crippen LogP contribution in [-0.2, 0) is 10.8 Å². The van der Waals surface area contributed by atoms with Crippen LogP contribution in [0, 0.1) is 0 Å². The van der Waals surface area contributed by atoms with Gasteiger partial charge in [0.1, 0.15) is 0 Å². The summed E-state index contributed by atoms with van der Waals surface area (Å²) in [6.07, 6.45) is 7.00. The number of anilines is 3. The normalized spacial score (nSPS) is 17.9. The van der Waals surface area contributed by atoms with Crippen LogP contribution in [0.3, 0.4) is 0 Å². The molecule has 1 spiro atoms. The highest BCUT2D eigenvalue weighted by Gasteiger charge is 2.52. The molecule has 0 heterocycles. The lowest BCUT2D eigenvalue weighted by Crippen LogP contribution is -2.27. The van der Waals surface area contributed by atoms with Gasteiger partial charge in [0.05, 0.1) is 5.41 Å². The van der Waals surface area contributed by atoms with Crippen LogP contribution in [0.5, 0.6) is 0 Å². The topological polar surface area (TPSA) is 3.24 Å². The second kappa shape index (κ2) is 11.1. The van der Waals surface area contributed by atoms with Crippen molar-refractivity contribution in [2.45, 2.75) is 37.5 Å². The Labute approximate surface area is 322 Å². The zero-order chi connectivity index (χ0) is 36.5. The minimum Gasteiger partial charge on any atom is -0.310 e. The molecule has 12 rings (SSSR count). The summed E-state index contributed by atoms with van der Waals surface area (Å²) in [6, 6.07) is 62.1. The molecule has 0 aliphatic heterocycles. The molecule has 1 nitrogen and oxygen atoms in total. The minimum atomic E-state index is -0.364. The van der Waals surface area contributed by atoms with E-state index in [0.717, 1.165) is 18.5 Å². The van der Waals surface area contributed by atoms with Crippen molar-refractivity contribution in [2.75, 3.05) is 4.90 Å². The maximum absolute atomic E-state index is 2.53. The van der Waals surface area contributed by atoms with E-state index in [1.807, 2.05) is 0 Å². The van der Waals surface area contributed by atoms with E-state index in [1.165, 1.54) is 99.7 Å². The van der Waals surface area contributed by atoms with Gasteiger partial charge in [-0.1, -0.05) is 153 Å². The predicted octanol–water partition coefficient (Wildman–Crippen LogP) is 14.2. The molecule has 8 aromatic carbocycles. The van der Waals surface area contributed by atoms with E-state index >= 15 is 0 Å². The smallest absolute Gasteiger partial charge is 0.0722 e. The van der Waals surface area contributed by atoms with Crippen LogP contribution in [0.2, 0.25) is 0 Å². The van der Waals surface area contributed by atoms with E-state index in [1.54, 1.807) is 0 Å². The molecule has 8 aromatic rings. The first-order chi connectivity index (χ1) is 27.0. The summed E-state index contributed by atoms with van der Waals surface area (Å²) >= 11 is 0. The van der Waals surface area contributed by atoms with Gasteiger partial charge < -0.3 is 4.90 Å². The largest absolute Gasteiger partial charge is 0.310 e. The lowest BCUT2D eigenvalue weighted by molar-refractivity contribution is 0.660. The standard InChI is InChI=1S/C54H39N/c1-53(2)47-19-9-5-18-43(47)46-32-37(28-30-48(46)53)55(36-26-25-35-24-23-34-13-3-4-14-39(34)45(35)31-36)38-27-29-44-42-17-8-12-22-51(42)54(52(44)33-38)49-20-10-6-15-40(49)41-16-7-11-21-50(41)54/h3-6,8-15,17-33H,7,16H2,1-2H3. The molecule has 1 atom stereocenters. The quantitative estimate of drug-likeness (QED) is 0.166. The Balaban J connectivity index is 1.14. The molecule has 1 unspecified atom stereocenters. The fraction of sp³-hybridized carbons (Fsp3) is 0.111. The van der Waals surface area contributed by atoms with Crippen LogP contribution in [0.1, 0.15) is 60.1 Å². The van der Waals surface area contributed by atoms with Crippen LogP contribution in [-0.4, -0.2) is 0 Å². The molecule has 0 radical (unpaired) electrons.